The van der Waals surface area contributed by atoms with Crippen LogP contribution in [0.1, 0.15) is 25.7 Å². The molecule has 9 nitrogen and oxygen atoms in total. The highest BCUT2D eigenvalue weighted by Gasteiger charge is 2.19. The Bertz CT molecular complexity index is 365. The lowest BCUT2D eigenvalue weighted by Crippen LogP contribution is -2.41. The molecular weight excluding hydrogens is 256 g/mol. The first-order valence-corrected chi connectivity index (χ1v) is 5.62. The maximum atomic E-state index is 11.3. The van der Waals surface area contributed by atoms with E-state index in [2.05, 4.69) is 10.3 Å². The van der Waals surface area contributed by atoms with Crippen LogP contribution in [0.5, 0.6) is 0 Å². The summed E-state index contributed by atoms with van der Waals surface area (Å²) >= 11 is 0. The van der Waals surface area contributed by atoms with Gasteiger partial charge in [-0.3, -0.25) is 14.6 Å². The van der Waals surface area contributed by atoms with E-state index in [1.54, 1.807) is 0 Å². The standard InChI is InChI=1S/C10H18N4O5/c11-10(12)13-5-1-2-6(9(18)19)14-7(15)3-4-8(16)17/h6H,1-5H2,(H,14,15)(H,16,17)(H,18,19)(H4,11,12,13). The molecule has 0 saturated carbocycles. The third-order valence-corrected chi connectivity index (χ3v) is 2.14. The van der Waals surface area contributed by atoms with Crippen LogP contribution in [0.2, 0.25) is 0 Å². The molecule has 0 bridgehead atoms. The quantitative estimate of drug-likeness (QED) is 0.193. The molecule has 0 radical (unpaired) electrons. The van der Waals surface area contributed by atoms with Gasteiger partial charge in [0.1, 0.15) is 6.04 Å². The molecule has 0 aromatic carbocycles. The number of aliphatic imine (C=N–C) groups is 1. The Hall–Kier alpha value is -2.32. The summed E-state index contributed by atoms with van der Waals surface area (Å²) < 4.78 is 0. The Labute approximate surface area is 109 Å². The second-order valence-electron chi connectivity index (χ2n) is 3.80. The first-order chi connectivity index (χ1) is 8.82. The maximum Gasteiger partial charge on any atom is 0.326 e. The number of amides is 1. The van der Waals surface area contributed by atoms with Crippen LogP contribution < -0.4 is 16.8 Å². The van der Waals surface area contributed by atoms with Gasteiger partial charge in [-0.25, -0.2) is 4.79 Å². The fraction of sp³-hybridized carbons (Fsp3) is 0.600. The second kappa shape index (κ2) is 8.72. The van der Waals surface area contributed by atoms with Crippen LogP contribution in [-0.2, 0) is 14.4 Å². The number of rotatable bonds is 9. The van der Waals surface area contributed by atoms with E-state index in [4.69, 9.17) is 21.7 Å². The van der Waals surface area contributed by atoms with Crippen molar-refractivity contribution in [3.05, 3.63) is 0 Å². The van der Waals surface area contributed by atoms with E-state index in [1.165, 1.54) is 0 Å². The molecule has 0 fully saturated rings. The van der Waals surface area contributed by atoms with E-state index in [0.717, 1.165) is 0 Å². The van der Waals surface area contributed by atoms with Crippen molar-refractivity contribution in [1.82, 2.24) is 5.32 Å². The molecule has 0 aromatic heterocycles. The number of nitrogens with zero attached hydrogens (tertiary/aromatic N) is 1. The number of carboxylic acid groups (broad SMARTS) is 2. The Morgan fingerprint density at radius 3 is 2.26 bits per heavy atom. The molecule has 0 spiro atoms. The van der Waals surface area contributed by atoms with Crippen molar-refractivity contribution in [3.8, 4) is 0 Å². The minimum Gasteiger partial charge on any atom is -0.481 e. The lowest BCUT2D eigenvalue weighted by atomic mass is 10.1. The molecule has 9 heteroatoms. The van der Waals surface area contributed by atoms with Gasteiger partial charge < -0.3 is 27.0 Å². The van der Waals surface area contributed by atoms with Crippen molar-refractivity contribution >= 4 is 23.8 Å². The fourth-order valence-electron chi connectivity index (χ4n) is 1.25. The lowest BCUT2D eigenvalue weighted by molar-refractivity contribution is -0.142. The summed E-state index contributed by atoms with van der Waals surface area (Å²) in [6.45, 7) is 0.261. The Kier molecular flexibility index (Phi) is 7.66. The van der Waals surface area contributed by atoms with E-state index in [-0.39, 0.29) is 31.8 Å². The zero-order chi connectivity index (χ0) is 14.8. The molecule has 0 saturated heterocycles. The summed E-state index contributed by atoms with van der Waals surface area (Å²) in [5, 5.41) is 19.5. The highest BCUT2D eigenvalue weighted by molar-refractivity contribution is 5.85. The molecule has 0 aliphatic heterocycles. The van der Waals surface area contributed by atoms with Gasteiger partial charge in [0.15, 0.2) is 5.96 Å². The monoisotopic (exact) mass is 274 g/mol. The van der Waals surface area contributed by atoms with Crippen LogP contribution in [0.3, 0.4) is 0 Å². The van der Waals surface area contributed by atoms with Crippen molar-refractivity contribution in [2.24, 2.45) is 16.5 Å². The zero-order valence-corrected chi connectivity index (χ0v) is 10.3. The largest absolute Gasteiger partial charge is 0.481 e. The number of aliphatic carboxylic acids is 2. The average molecular weight is 274 g/mol. The molecule has 0 heterocycles. The molecule has 0 aromatic rings. The van der Waals surface area contributed by atoms with Gasteiger partial charge in [0.05, 0.1) is 6.42 Å². The van der Waals surface area contributed by atoms with Crippen molar-refractivity contribution in [2.75, 3.05) is 6.54 Å². The van der Waals surface area contributed by atoms with Crippen molar-refractivity contribution in [2.45, 2.75) is 31.7 Å². The maximum absolute atomic E-state index is 11.3. The van der Waals surface area contributed by atoms with Gasteiger partial charge >= 0.3 is 11.9 Å². The summed E-state index contributed by atoms with van der Waals surface area (Å²) in [4.78, 5) is 36.1. The first kappa shape index (κ1) is 16.7. The molecule has 1 atom stereocenters. The van der Waals surface area contributed by atoms with Gasteiger partial charge in [0.25, 0.3) is 0 Å². The summed E-state index contributed by atoms with van der Waals surface area (Å²) in [5.74, 6) is -3.00. The van der Waals surface area contributed by atoms with Crippen molar-refractivity contribution in [1.29, 1.82) is 0 Å². The first-order valence-electron chi connectivity index (χ1n) is 5.62. The number of nitrogens with one attached hydrogen (secondary N) is 1. The Morgan fingerprint density at radius 2 is 1.79 bits per heavy atom. The number of hydrogen-bond donors (Lipinski definition) is 5. The molecule has 0 aliphatic rings. The molecule has 108 valence electrons. The van der Waals surface area contributed by atoms with Gasteiger partial charge in [0.2, 0.25) is 5.91 Å². The number of carbonyl (C=O) groups is 3. The summed E-state index contributed by atoms with van der Waals surface area (Å²) in [5.41, 5.74) is 10.2. The SMILES string of the molecule is NC(N)=NCCCC(NC(=O)CCC(=O)O)C(=O)O. The molecule has 0 aliphatic carbocycles. The Balaban J connectivity index is 4.11. The van der Waals surface area contributed by atoms with Gasteiger partial charge in [-0.15, -0.1) is 0 Å². The number of hydrogen-bond acceptors (Lipinski definition) is 4. The van der Waals surface area contributed by atoms with Crippen LogP contribution in [0.4, 0.5) is 0 Å². The summed E-state index contributed by atoms with van der Waals surface area (Å²) in [6.07, 6.45) is -0.0574. The molecule has 7 N–H and O–H groups in total. The highest BCUT2D eigenvalue weighted by atomic mass is 16.4. The van der Waals surface area contributed by atoms with Gasteiger partial charge in [-0.05, 0) is 12.8 Å². The molecular formula is C10H18N4O5. The van der Waals surface area contributed by atoms with E-state index in [9.17, 15) is 14.4 Å². The number of guanidine groups is 1. The molecule has 1 amide bonds. The van der Waals surface area contributed by atoms with Crippen LogP contribution >= 0.6 is 0 Å². The van der Waals surface area contributed by atoms with Gasteiger partial charge in [0, 0.05) is 13.0 Å². The van der Waals surface area contributed by atoms with Crippen LogP contribution in [-0.4, -0.2) is 46.6 Å². The van der Waals surface area contributed by atoms with Crippen LogP contribution in [0.25, 0.3) is 0 Å². The van der Waals surface area contributed by atoms with Crippen LogP contribution in [0, 0.1) is 0 Å². The van der Waals surface area contributed by atoms with E-state index in [0.29, 0.717) is 6.42 Å². The number of nitrogens with two attached hydrogens (primary N) is 2. The minimum atomic E-state index is -1.19. The molecule has 19 heavy (non-hydrogen) atoms. The summed E-state index contributed by atoms with van der Waals surface area (Å²) in [7, 11) is 0. The minimum absolute atomic E-state index is 0.0858. The third-order valence-electron chi connectivity index (χ3n) is 2.14. The Morgan fingerprint density at radius 1 is 1.16 bits per heavy atom. The smallest absolute Gasteiger partial charge is 0.326 e. The average Bonchev–Trinajstić information content (AvgIpc) is 2.29. The number of carbonyl (C=O) groups excluding carboxylic acids is 1. The van der Waals surface area contributed by atoms with Crippen LogP contribution in [0.15, 0.2) is 4.99 Å². The van der Waals surface area contributed by atoms with E-state index in [1.807, 2.05) is 0 Å². The van der Waals surface area contributed by atoms with Crippen molar-refractivity contribution in [3.63, 3.8) is 0 Å². The topological polar surface area (TPSA) is 168 Å². The predicted molar refractivity (Wildman–Crippen MR) is 66.3 cm³/mol. The third kappa shape index (κ3) is 9.39. The second-order valence-corrected chi connectivity index (χ2v) is 3.80. The molecule has 0 rings (SSSR count). The fourth-order valence-corrected chi connectivity index (χ4v) is 1.25. The van der Waals surface area contributed by atoms with Gasteiger partial charge in [-0.1, -0.05) is 0 Å². The predicted octanol–water partition coefficient (Wildman–Crippen LogP) is -1.53. The van der Waals surface area contributed by atoms with E-state index >= 15 is 0 Å². The normalized spacial score (nSPS) is 11.4. The highest BCUT2D eigenvalue weighted by Crippen LogP contribution is 2.00. The van der Waals surface area contributed by atoms with Crippen molar-refractivity contribution < 1.29 is 24.6 Å². The zero-order valence-electron chi connectivity index (χ0n) is 10.3. The molecule has 1 unspecified atom stereocenters. The lowest BCUT2D eigenvalue weighted by Gasteiger charge is -2.13. The number of carboxylic acids is 2. The van der Waals surface area contributed by atoms with E-state index < -0.39 is 23.9 Å². The van der Waals surface area contributed by atoms with Gasteiger partial charge in [-0.2, -0.15) is 0 Å². The summed E-state index contributed by atoms with van der Waals surface area (Å²) in [6, 6.07) is -1.07.